The quantitative estimate of drug-likeness (QED) is 0.797. The third kappa shape index (κ3) is 1.85. The van der Waals surface area contributed by atoms with Gasteiger partial charge in [0.25, 0.3) is 17.6 Å². The maximum Gasteiger partial charge on any atom is 0.290 e. The number of hydrogen-bond acceptors (Lipinski definition) is 5. The molecule has 0 aliphatic carbocycles. The van der Waals surface area contributed by atoms with Crippen LogP contribution in [0.4, 0.5) is 5.69 Å². The van der Waals surface area contributed by atoms with Crippen LogP contribution in [0.3, 0.4) is 0 Å². The second-order valence-corrected chi connectivity index (χ2v) is 3.11. The highest BCUT2D eigenvalue weighted by Crippen LogP contribution is 2.19. The molecule has 1 heterocycles. The minimum Gasteiger partial charge on any atom is -0.388 e. The van der Waals surface area contributed by atoms with Gasteiger partial charge in [0, 0.05) is 18.3 Å². The summed E-state index contributed by atoms with van der Waals surface area (Å²) in [5, 5.41) is 6.45. The predicted octanol–water partition coefficient (Wildman–Crippen LogP) is 0.877. The van der Waals surface area contributed by atoms with E-state index in [4.69, 9.17) is 10.3 Å². The predicted molar refractivity (Wildman–Crippen MR) is 57.8 cm³/mol. The maximum absolute atomic E-state index is 10.8. The Bertz CT molecular complexity index is 504. The second kappa shape index (κ2) is 4.01. The van der Waals surface area contributed by atoms with Crippen molar-refractivity contribution in [2.24, 2.45) is 5.73 Å². The lowest BCUT2D eigenvalue weighted by molar-refractivity contribution is 0.0987. The molecule has 0 fully saturated rings. The fourth-order valence-corrected chi connectivity index (χ4v) is 1.22. The zero-order chi connectivity index (χ0) is 11.5. The number of benzene rings is 1. The molecule has 0 atom stereocenters. The summed E-state index contributed by atoms with van der Waals surface area (Å²) in [5.41, 5.74) is 6.72. The average Bonchev–Trinajstić information content (AvgIpc) is 2.78. The minimum absolute atomic E-state index is 0.118. The van der Waals surface area contributed by atoms with Crippen molar-refractivity contribution in [1.29, 1.82) is 0 Å². The van der Waals surface area contributed by atoms with Crippen LogP contribution < -0.4 is 11.1 Å². The summed E-state index contributed by atoms with van der Waals surface area (Å²) in [6.07, 6.45) is 0. The van der Waals surface area contributed by atoms with E-state index in [2.05, 4.69) is 15.5 Å². The molecular weight excluding hydrogens is 208 g/mol. The van der Waals surface area contributed by atoms with Crippen LogP contribution in [0, 0.1) is 0 Å². The fraction of sp³-hybridized carbons (Fsp3) is 0.100. The van der Waals surface area contributed by atoms with Crippen LogP contribution in [0.5, 0.6) is 0 Å². The zero-order valence-electron chi connectivity index (χ0n) is 8.60. The van der Waals surface area contributed by atoms with Crippen LogP contribution in [-0.2, 0) is 0 Å². The monoisotopic (exact) mass is 218 g/mol. The minimum atomic E-state index is -0.707. The zero-order valence-corrected chi connectivity index (χ0v) is 8.60. The highest BCUT2D eigenvalue weighted by Gasteiger charge is 2.12. The van der Waals surface area contributed by atoms with Crippen molar-refractivity contribution in [2.75, 3.05) is 12.4 Å². The van der Waals surface area contributed by atoms with Crippen LogP contribution in [-0.4, -0.2) is 23.1 Å². The van der Waals surface area contributed by atoms with Crippen molar-refractivity contribution in [3.8, 4) is 11.5 Å². The van der Waals surface area contributed by atoms with E-state index < -0.39 is 5.91 Å². The van der Waals surface area contributed by atoms with Crippen molar-refractivity contribution >= 4 is 11.6 Å². The first-order valence-electron chi connectivity index (χ1n) is 4.62. The molecule has 0 radical (unpaired) electrons. The topological polar surface area (TPSA) is 94.0 Å². The first kappa shape index (κ1) is 10.2. The molecule has 82 valence electrons. The van der Waals surface area contributed by atoms with Crippen LogP contribution in [0.25, 0.3) is 11.5 Å². The van der Waals surface area contributed by atoms with Crippen molar-refractivity contribution in [3.63, 3.8) is 0 Å². The number of carbonyl (C=O) groups is 1. The fourth-order valence-electron chi connectivity index (χ4n) is 1.22. The number of carbonyl (C=O) groups excluding carboxylic acids is 1. The molecule has 0 aliphatic rings. The van der Waals surface area contributed by atoms with Crippen LogP contribution in [0.15, 0.2) is 28.8 Å². The molecule has 0 unspecified atom stereocenters. The van der Waals surface area contributed by atoms with E-state index in [1.54, 1.807) is 0 Å². The molecule has 0 saturated carbocycles. The van der Waals surface area contributed by atoms with Gasteiger partial charge in [0.15, 0.2) is 0 Å². The molecule has 16 heavy (non-hydrogen) atoms. The Hall–Kier alpha value is -2.37. The van der Waals surface area contributed by atoms with Gasteiger partial charge in [-0.15, -0.1) is 0 Å². The summed E-state index contributed by atoms with van der Waals surface area (Å²) in [6.45, 7) is 0. The molecule has 1 aromatic heterocycles. The van der Waals surface area contributed by atoms with Crippen molar-refractivity contribution in [3.05, 3.63) is 30.1 Å². The van der Waals surface area contributed by atoms with E-state index in [0.717, 1.165) is 11.3 Å². The molecule has 6 heteroatoms. The Labute approximate surface area is 91.5 Å². The number of rotatable bonds is 3. The lowest BCUT2D eigenvalue weighted by Gasteiger charge is -1.99. The Morgan fingerprint density at radius 1 is 1.38 bits per heavy atom. The van der Waals surface area contributed by atoms with Crippen LogP contribution in [0.1, 0.15) is 10.6 Å². The molecule has 0 saturated heterocycles. The van der Waals surface area contributed by atoms with Gasteiger partial charge < -0.3 is 15.6 Å². The van der Waals surface area contributed by atoms with Gasteiger partial charge in [-0.3, -0.25) is 4.79 Å². The maximum atomic E-state index is 10.8. The van der Waals surface area contributed by atoms with E-state index in [1.807, 2.05) is 31.3 Å². The second-order valence-electron chi connectivity index (χ2n) is 3.11. The van der Waals surface area contributed by atoms with Gasteiger partial charge in [-0.2, -0.15) is 4.98 Å². The molecule has 0 bridgehead atoms. The standard InChI is InChI=1S/C10H10N4O2/c1-12-7-4-2-6(3-5-7)10-13-9(8(11)15)14-16-10/h2-5,12H,1H3,(H2,11,15). The number of nitrogens with one attached hydrogen (secondary N) is 1. The first-order valence-corrected chi connectivity index (χ1v) is 4.62. The summed E-state index contributed by atoms with van der Waals surface area (Å²) >= 11 is 0. The summed E-state index contributed by atoms with van der Waals surface area (Å²) in [7, 11) is 1.83. The Kier molecular flexibility index (Phi) is 2.55. The molecule has 1 aromatic carbocycles. The number of nitrogens with zero attached hydrogens (tertiary/aromatic N) is 2. The highest BCUT2D eigenvalue weighted by molar-refractivity contribution is 5.89. The summed E-state index contributed by atoms with van der Waals surface area (Å²) in [4.78, 5) is 14.6. The highest BCUT2D eigenvalue weighted by atomic mass is 16.5. The van der Waals surface area contributed by atoms with E-state index >= 15 is 0 Å². The lowest BCUT2D eigenvalue weighted by Crippen LogP contribution is -2.12. The smallest absolute Gasteiger partial charge is 0.290 e. The Morgan fingerprint density at radius 3 is 2.56 bits per heavy atom. The van der Waals surface area contributed by atoms with Gasteiger partial charge in [-0.1, -0.05) is 5.16 Å². The Balaban J connectivity index is 2.31. The molecule has 2 rings (SSSR count). The van der Waals surface area contributed by atoms with Gasteiger partial charge in [-0.05, 0) is 24.3 Å². The van der Waals surface area contributed by atoms with E-state index in [9.17, 15) is 4.79 Å². The van der Waals surface area contributed by atoms with Crippen LogP contribution >= 0.6 is 0 Å². The largest absolute Gasteiger partial charge is 0.388 e. The SMILES string of the molecule is CNc1ccc(-c2nc(C(N)=O)no2)cc1. The summed E-state index contributed by atoms with van der Waals surface area (Å²) in [5.74, 6) is -0.550. The molecule has 3 N–H and O–H groups in total. The van der Waals surface area contributed by atoms with E-state index in [1.165, 1.54) is 0 Å². The number of hydrogen-bond donors (Lipinski definition) is 2. The number of amides is 1. The molecule has 0 aliphatic heterocycles. The summed E-state index contributed by atoms with van der Waals surface area (Å²) < 4.78 is 4.90. The van der Waals surface area contributed by atoms with Crippen molar-refractivity contribution < 1.29 is 9.32 Å². The van der Waals surface area contributed by atoms with Crippen molar-refractivity contribution in [1.82, 2.24) is 10.1 Å². The number of anilines is 1. The van der Waals surface area contributed by atoms with Crippen molar-refractivity contribution in [2.45, 2.75) is 0 Å². The van der Waals surface area contributed by atoms with Gasteiger partial charge >= 0.3 is 0 Å². The first-order chi connectivity index (χ1) is 7.70. The lowest BCUT2D eigenvalue weighted by atomic mass is 10.2. The van der Waals surface area contributed by atoms with E-state index in [-0.39, 0.29) is 11.7 Å². The van der Waals surface area contributed by atoms with Crippen LogP contribution in [0.2, 0.25) is 0 Å². The van der Waals surface area contributed by atoms with Gasteiger partial charge in [0.05, 0.1) is 0 Å². The van der Waals surface area contributed by atoms with E-state index in [0.29, 0.717) is 0 Å². The molecular formula is C10H10N4O2. The average molecular weight is 218 g/mol. The third-order valence-electron chi connectivity index (χ3n) is 2.07. The number of nitrogens with two attached hydrogens (primary N) is 1. The summed E-state index contributed by atoms with van der Waals surface area (Å²) in [6, 6.07) is 7.35. The number of primary amides is 1. The molecule has 1 amide bonds. The van der Waals surface area contributed by atoms with Gasteiger partial charge in [-0.25, -0.2) is 0 Å². The molecule has 6 nitrogen and oxygen atoms in total. The Morgan fingerprint density at radius 2 is 2.06 bits per heavy atom. The molecule has 2 aromatic rings. The third-order valence-corrected chi connectivity index (χ3v) is 2.07. The van der Waals surface area contributed by atoms with Gasteiger partial charge in [0.2, 0.25) is 0 Å². The number of aromatic nitrogens is 2. The molecule has 0 spiro atoms. The van der Waals surface area contributed by atoms with Gasteiger partial charge in [0.1, 0.15) is 0 Å². The normalized spacial score (nSPS) is 10.1.